The molecule has 3 nitrogen and oxygen atoms in total. The third kappa shape index (κ3) is 4.14. The monoisotopic (exact) mass is 670 g/mol. The molecular formula is C49H38N2O. The van der Waals surface area contributed by atoms with E-state index >= 15 is 0 Å². The molecule has 0 amide bonds. The fourth-order valence-electron chi connectivity index (χ4n) is 9.88. The van der Waals surface area contributed by atoms with Crippen LogP contribution < -0.4 is 0 Å². The van der Waals surface area contributed by atoms with Gasteiger partial charge in [0.05, 0.1) is 0 Å². The van der Waals surface area contributed by atoms with Crippen molar-refractivity contribution in [3.63, 3.8) is 0 Å². The molecule has 0 atom stereocenters. The lowest BCUT2D eigenvalue weighted by Gasteiger charge is -2.36. The molecule has 3 heteroatoms. The SMILES string of the molecule is CC1(C)c2cc(-c3ccc(-c4nc(-c5ccccc5)nc5c4oc4ccccc45)cc3)ccc2-c2cc3c(cc21)-c1ccccc1C31CCCCC1. The summed E-state index contributed by atoms with van der Waals surface area (Å²) in [4.78, 5) is 10.1. The molecule has 52 heavy (non-hydrogen) atoms. The third-order valence-corrected chi connectivity index (χ3v) is 12.5. The summed E-state index contributed by atoms with van der Waals surface area (Å²) in [5.74, 6) is 0.697. The number of furan rings is 1. The Morgan fingerprint density at radius 1 is 0.500 bits per heavy atom. The van der Waals surface area contributed by atoms with Crippen molar-refractivity contribution in [1.29, 1.82) is 0 Å². The topological polar surface area (TPSA) is 38.9 Å². The number of fused-ring (bicyclic) bond motifs is 11. The van der Waals surface area contributed by atoms with Gasteiger partial charge in [-0.15, -0.1) is 0 Å². The molecule has 1 spiro atoms. The summed E-state index contributed by atoms with van der Waals surface area (Å²) < 4.78 is 6.41. The van der Waals surface area contributed by atoms with Crippen LogP contribution in [0.3, 0.4) is 0 Å². The van der Waals surface area contributed by atoms with E-state index < -0.39 is 0 Å². The van der Waals surface area contributed by atoms with Gasteiger partial charge >= 0.3 is 0 Å². The lowest BCUT2D eigenvalue weighted by atomic mass is 9.67. The van der Waals surface area contributed by atoms with E-state index in [0.29, 0.717) is 5.82 Å². The second-order valence-corrected chi connectivity index (χ2v) is 15.6. The molecule has 0 radical (unpaired) electrons. The number of hydrogen-bond acceptors (Lipinski definition) is 3. The van der Waals surface area contributed by atoms with Gasteiger partial charge in [-0.05, 0) is 98.8 Å². The zero-order valence-electron chi connectivity index (χ0n) is 29.5. The molecule has 0 bridgehead atoms. The zero-order chi connectivity index (χ0) is 34.6. The highest BCUT2D eigenvalue weighted by Crippen LogP contribution is 2.60. The second kappa shape index (κ2) is 10.9. The Morgan fingerprint density at radius 3 is 2.00 bits per heavy atom. The summed E-state index contributed by atoms with van der Waals surface area (Å²) in [5, 5.41) is 1.00. The van der Waals surface area contributed by atoms with Crippen molar-refractivity contribution in [2.75, 3.05) is 0 Å². The van der Waals surface area contributed by atoms with Crippen LogP contribution in [0.1, 0.15) is 68.2 Å². The van der Waals surface area contributed by atoms with Gasteiger partial charge in [0, 0.05) is 27.3 Å². The molecule has 0 N–H and O–H groups in total. The highest BCUT2D eigenvalue weighted by molar-refractivity contribution is 6.07. The van der Waals surface area contributed by atoms with Crippen LogP contribution in [0.5, 0.6) is 0 Å². The number of rotatable bonds is 3. The summed E-state index contributed by atoms with van der Waals surface area (Å²) in [6.45, 7) is 4.82. The highest BCUT2D eigenvalue weighted by atomic mass is 16.3. The fraction of sp³-hybridized carbons (Fsp3) is 0.184. The molecule has 3 aliphatic rings. The van der Waals surface area contributed by atoms with E-state index in [1.54, 1.807) is 11.1 Å². The highest BCUT2D eigenvalue weighted by Gasteiger charge is 2.46. The predicted molar refractivity (Wildman–Crippen MR) is 212 cm³/mol. The minimum atomic E-state index is -0.103. The zero-order valence-corrected chi connectivity index (χ0v) is 29.5. The van der Waals surface area contributed by atoms with E-state index in [-0.39, 0.29) is 10.8 Å². The van der Waals surface area contributed by atoms with Crippen molar-refractivity contribution in [3.8, 4) is 56.0 Å². The van der Waals surface area contributed by atoms with Gasteiger partial charge in [-0.25, -0.2) is 9.97 Å². The maximum atomic E-state index is 6.41. The van der Waals surface area contributed by atoms with Crippen LogP contribution in [-0.4, -0.2) is 9.97 Å². The Bertz CT molecular complexity index is 2730. The Morgan fingerprint density at radius 2 is 1.15 bits per heavy atom. The molecule has 0 aliphatic heterocycles. The van der Waals surface area contributed by atoms with Crippen LogP contribution in [0.25, 0.3) is 78.1 Å². The standard InChI is InChI=1S/C49H38N2O/c1-48(2)40-27-33(23-24-35(40)37-29-42-38(28-41(37)48)34-15-7-9-17-39(34)49(42)25-11-4-12-26-49)30-19-21-31(22-20-30)44-46-45(36-16-8-10-18-43(36)52-46)51-47(50-44)32-13-5-3-6-14-32/h3,5-10,13-24,27-29H,4,11-12,25-26H2,1-2H3. The molecule has 2 heterocycles. The van der Waals surface area contributed by atoms with Crippen molar-refractivity contribution in [2.45, 2.75) is 56.8 Å². The molecule has 0 unspecified atom stereocenters. The summed E-state index contributed by atoms with van der Waals surface area (Å²) in [7, 11) is 0. The number of nitrogens with zero attached hydrogens (tertiary/aromatic N) is 2. The quantitative estimate of drug-likeness (QED) is 0.188. The number of aromatic nitrogens is 2. The first-order valence-corrected chi connectivity index (χ1v) is 18.8. The number of benzene rings is 6. The summed E-state index contributed by atoms with van der Waals surface area (Å²) >= 11 is 0. The van der Waals surface area contributed by atoms with Crippen molar-refractivity contribution < 1.29 is 4.42 Å². The van der Waals surface area contributed by atoms with Gasteiger partial charge < -0.3 is 4.42 Å². The van der Waals surface area contributed by atoms with E-state index in [1.807, 2.05) is 36.4 Å². The smallest absolute Gasteiger partial charge is 0.180 e. The van der Waals surface area contributed by atoms with E-state index in [4.69, 9.17) is 14.4 Å². The van der Waals surface area contributed by atoms with Gasteiger partial charge in [-0.3, -0.25) is 0 Å². The Hall–Kier alpha value is -5.80. The normalized spacial score (nSPS) is 16.2. The maximum absolute atomic E-state index is 6.41. The van der Waals surface area contributed by atoms with Crippen molar-refractivity contribution in [1.82, 2.24) is 9.97 Å². The minimum Gasteiger partial charge on any atom is -0.452 e. The summed E-state index contributed by atoms with van der Waals surface area (Å²) in [6, 6.07) is 48.6. The maximum Gasteiger partial charge on any atom is 0.180 e. The molecule has 3 aliphatic carbocycles. The minimum absolute atomic E-state index is 0.103. The molecule has 6 aromatic carbocycles. The summed E-state index contributed by atoms with van der Waals surface area (Å²) in [5.41, 5.74) is 19.4. The molecule has 2 aromatic heterocycles. The largest absolute Gasteiger partial charge is 0.452 e. The lowest BCUT2D eigenvalue weighted by molar-refractivity contribution is 0.353. The molecule has 1 saturated carbocycles. The van der Waals surface area contributed by atoms with Crippen molar-refractivity contribution >= 4 is 22.1 Å². The van der Waals surface area contributed by atoms with E-state index in [2.05, 4.69) is 111 Å². The van der Waals surface area contributed by atoms with Crippen LogP contribution in [0.4, 0.5) is 0 Å². The van der Waals surface area contributed by atoms with Gasteiger partial charge in [-0.1, -0.05) is 136 Å². The van der Waals surface area contributed by atoms with Crippen LogP contribution in [0, 0.1) is 0 Å². The second-order valence-electron chi connectivity index (χ2n) is 15.6. The first kappa shape index (κ1) is 29.9. The molecular weight excluding hydrogens is 633 g/mol. The lowest BCUT2D eigenvalue weighted by Crippen LogP contribution is -2.28. The van der Waals surface area contributed by atoms with Crippen LogP contribution in [-0.2, 0) is 10.8 Å². The first-order valence-electron chi connectivity index (χ1n) is 18.8. The van der Waals surface area contributed by atoms with Crippen LogP contribution >= 0.6 is 0 Å². The summed E-state index contributed by atoms with van der Waals surface area (Å²) in [6.07, 6.45) is 6.48. The van der Waals surface area contributed by atoms with Gasteiger partial charge in [0.2, 0.25) is 0 Å². The molecule has 11 rings (SSSR count). The van der Waals surface area contributed by atoms with Gasteiger partial charge in [0.25, 0.3) is 0 Å². The molecule has 250 valence electrons. The van der Waals surface area contributed by atoms with Gasteiger partial charge in [-0.2, -0.15) is 0 Å². The van der Waals surface area contributed by atoms with Gasteiger partial charge in [0.15, 0.2) is 11.4 Å². The van der Waals surface area contributed by atoms with Crippen LogP contribution in [0.2, 0.25) is 0 Å². The average Bonchev–Trinajstić information content (AvgIpc) is 3.78. The molecule has 8 aromatic rings. The predicted octanol–water partition coefficient (Wildman–Crippen LogP) is 12.9. The average molecular weight is 671 g/mol. The number of hydrogen-bond donors (Lipinski definition) is 0. The first-order chi connectivity index (χ1) is 25.5. The van der Waals surface area contributed by atoms with Crippen molar-refractivity contribution in [2.24, 2.45) is 0 Å². The fourth-order valence-corrected chi connectivity index (χ4v) is 9.88. The van der Waals surface area contributed by atoms with E-state index in [0.717, 1.165) is 38.9 Å². The molecule has 1 fully saturated rings. The Balaban J connectivity index is 0.997. The van der Waals surface area contributed by atoms with Crippen LogP contribution in [0.15, 0.2) is 138 Å². The van der Waals surface area contributed by atoms with E-state index in [1.165, 1.54) is 76.6 Å². The third-order valence-electron chi connectivity index (χ3n) is 12.5. The Labute approximate surface area is 304 Å². The van der Waals surface area contributed by atoms with Crippen molar-refractivity contribution in [3.05, 3.63) is 156 Å². The number of para-hydroxylation sites is 1. The Kier molecular flexibility index (Phi) is 6.24. The van der Waals surface area contributed by atoms with Gasteiger partial charge in [0.1, 0.15) is 16.8 Å². The van der Waals surface area contributed by atoms with E-state index in [9.17, 15) is 0 Å². The molecule has 0 saturated heterocycles.